The summed E-state index contributed by atoms with van der Waals surface area (Å²) >= 11 is 1.69. The fraction of sp³-hybridized carbons (Fsp3) is 0.227. The lowest BCUT2D eigenvalue weighted by Gasteiger charge is -2.28. The Morgan fingerprint density at radius 2 is 1.70 bits per heavy atom. The highest BCUT2D eigenvalue weighted by atomic mass is 32.1. The average Bonchev–Trinajstić information content (AvgIpc) is 3.12. The number of para-hydroxylation sites is 2. The molecule has 0 aliphatic carbocycles. The minimum Gasteiger partial charge on any atom is -0.457 e. The molecule has 0 saturated carbocycles. The maximum atomic E-state index is 13.2. The minimum atomic E-state index is -0.395. The van der Waals surface area contributed by atoms with Gasteiger partial charge in [-0.25, -0.2) is 0 Å². The van der Waals surface area contributed by atoms with Crippen LogP contribution in [0, 0.1) is 6.92 Å². The summed E-state index contributed by atoms with van der Waals surface area (Å²) in [6.45, 7) is 2.49. The first-order valence-corrected chi connectivity index (χ1v) is 9.71. The van der Waals surface area contributed by atoms with Gasteiger partial charge in [0.25, 0.3) is 0 Å². The van der Waals surface area contributed by atoms with Crippen LogP contribution in [0.2, 0.25) is 0 Å². The van der Waals surface area contributed by atoms with E-state index in [9.17, 15) is 4.79 Å². The second-order valence-corrected chi connectivity index (χ2v) is 7.85. The zero-order chi connectivity index (χ0) is 18.8. The van der Waals surface area contributed by atoms with Crippen LogP contribution in [-0.2, 0) is 9.53 Å². The molecule has 1 amide bonds. The van der Waals surface area contributed by atoms with Gasteiger partial charge in [0.15, 0.2) is 0 Å². The van der Waals surface area contributed by atoms with Crippen LogP contribution in [0.1, 0.15) is 32.9 Å². The lowest BCUT2D eigenvalue weighted by molar-refractivity contribution is -0.122. The molecule has 2 heterocycles. The third-order valence-corrected chi connectivity index (χ3v) is 5.86. The number of aryl methyl sites for hydroxylation is 1. The van der Waals surface area contributed by atoms with Crippen molar-refractivity contribution >= 4 is 17.2 Å². The maximum absolute atomic E-state index is 13.2. The smallest absolute Gasteiger partial charge is 0.232 e. The quantitative estimate of drug-likeness (QED) is 0.693. The highest BCUT2D eigenvalue weighted by molar-refractivity contribution is 7.12. The highest BCUT2D eigenvalue weighted by Crippen LogP contribution is 2.43. The van der Waals surface area contributed by atoms with E-state index in [0.29, 0.717) is 6.54 Å². The van der Waals surface area contributed by atoms with Gasteiger partial charge in [-0.15, -0.1) is 11.3 Å². The van der Waals surface area contributed by atoms with Crippen LogP contribution in [0.15, 0.2) is 60.7 Å². The van der Waals surface area contributed by atoms with Crippen LogP contribution in [0.25, 0.3) is 0 Å². The number of fused-ring (bicyclic) bond motifs is 2. The molecule has 1 aliphatic heterocycles. The standard InChI is InChI=1S/C22H21NO3S/c1-14-11-12-20(27-14)19(25-2)13-23-22(24)21-15-7-3-5-9-17(15)26-18-10-6-4-8-16(18)21/h3-12,19,21H,13H2,1-2H3,(H,23,24)/t19-/m1/s1. The fourth-order valence-corrected chi connectivity index (χ4v) is 4.37. The minimum absolute atomic E-state index is 0.0477. The molecule has 4 rings (SSSR count). The summed E-state index contributed by atoms with van der Waals surface area (Å²) in [5.41, 5.74) is 1.77. The predicted octanol–water partition coefficient (Wildman–Crippen LogP) is 4.80. The Morgan fingerprint density at radius 1 is 1.07 bits per heavy atom. The van der Waals surface area contributed by atoms with E-state index in [1.165, 1.54) is 4.88 Å². The average molecular weight is 379 g/mol. The number of hydrogen-bond donors (Lipinski definition) is 1. The van der Waals surface area contributed by atoms with Crippen molar-refractivity contribution in [3.8, 4) is 11.5 Å². The molecule has 1 aromatic heterocycles. The third kappa shape index (κ3) is 3.48. The van der Waals surface area contributed by atoms with Crippen LogP contribution in [0.4, 0.5) is 0 Å². The van der Waals surface area contributed by atoms with Crippen molar-refractivity contribution in [2.75, 3.05) is 13.7 Å². The van der Waals surface area contributed by atoms with Crippen molar-refractivity contribution in [2.45, 2.75) is 18.9 Å². The van der Waals surface area contributed by atoms with Crippen molar-refractivity contribution in [1.82, 2.24) is 5.32 Å². The molecule has 0 fully saturated rings. The van der Waals surface area contributed by atoms with Gasteiger partial charge >= 0.3 is 0 Å². The molecule has 0 bridgehead atoms. The number of hydrogen-bond acceptors (Lipinski definition) is 4. The normalized spacial score (nSPS) is 14.0. The number of amides is 1. The van der Waals surface area contributed by atoms with Crippen molar-refractivity contribution < 1.29 is 14.3 Å². The molecule has 1 aliphatic rings. The summed E-state index contributed by atoms with van der Waals surface area (Å²) < 4.78 is 11.6. The molecular weight excluding hydrogens is 358 g/mol. The van der Waals surface area contributed by atoms with Gasteiger partial charge in [0.05, 0.1) is 5.92 Å². The van der Waals surface area contributed by atoms with Crippen LogP contribution >= 0.6 is 11.3 Å². The fourth-order valence-electron chi connectivity index (χ4n) is 3.41. The maximum Gasteiger partial charge on any atom is 0.232 e. The Morgan fingerprint density at radius 3 is 2.26 bits per heavy atom. The zero-order valence-corrected chi connectivity index (χ0v) is 16.1. The summed E-state index contributed by atoms with van der Waals surface area (Å²) in [7, 11) is 1.67. The molecule has 0 saturated heterocycles. The first-order chi connectivity index (χ1) is 13.2. The van der Waals surface area contributed by atoms with Crippen LogP contribution in [0.3, 0.4) is 0 Å². The summed E-state index contributed by atoms with van der Waals surface area (Å²) in [6.07, 6.45) is -0.155. The topological polar surface area (TPSA) is 47.6 Å². The Bertz CT molecular complexity index is 920. The van der Waals surface area contributed by atoms with E-state index in [1.807, 2.05) is 48.5 Å². The molecule has 3 aromatic rings. The first kappa shape index (κ1) is 17.8. The van der Waals surface area contributed by atoms with Gasteiger partial charge in [-0.2, -0.15) is 0 Å². The van der Waals surface area contributed by atoms with E-state index in [1.54, 1.807) is 18.4 Å². The van der Waals surface area contributed by atoms with E-state index >= 15 is 0 Å². The molecule has 0 radical (unpaired) electrons. The lowest BCUT2D eigenvalue weighted by Crippen LogP contribution is -2.34. The van der Waals surface area contributed by atoms with Crippen molar-refractivity contribution in [2.24, 2.45) is 0 Å². The number of thiophene rings is 1. The van der Waals surface area contributed by atoms with E-state index in [0.717, 1.165) is 27.5 Å². The largest absolute Gasteiger partial charge is 0.457 e. The van der Waals surface area contributed by atoms with Crippen LogP contribution in [0.5, 0.6) is 11.5 Å². The Hall–Kier alpha value is -2.63. The summed E-state index contributed by atoms with van der Waals surface area (Å²) in [4.78, 5) is 15.5. The summed E-state index contributed by atoms with van der Waals surface area (Å²) in [5, 5.41) is 3.08. The van der Waals surface area contributed by atoms with E-state index in [4.69, 9.17) is 9.47 Å². The second-order valence-electron chi connectivity index (χ2n) is 6.53. The molecular formula is C22H21NO3S. The molecule has 1 atom stereocenters. The van der Waals surface area contributed by atoms with Crippen molar-refractivity contribution in [3.05, 3.63) is 81.5 Å². The second kappa shape index (κ2) is 7.55. The predicted molar refractivity (Wildman–Crippen MR) is 107 cm³/mol. The van der Waals surface area contributed by atoms with E-state index in [2.05, 4.69) is 24.4 Å². The number of benzene rings is 2. The number of carbonyl (C=O) groups is 1. The van der Waals surface area contributed by atoms with Gasteiger partial charge in [-0.05, 0) is 31.2 Å². The van der Waals surface area contributed by atoms with E-state index in [-0.39, 0.29) is 12.0 Å². The number of ether oxygens (including phenoxy) is 2. The SMILES string of the molecule is CO[C@H](CNC(=O)C1c2ccccc2Oc2ccccc21)c1ccc(C)s1. The van der Waals surface area contributed by atoms with E-state index < -0.39 is 5.92 Å². The van der Waals surface area contributed by atoms with Gasteiger partial charge in [-0.3, -0.25) is 4.79 Å². The Kier molecular flexibility index (Phi) is 4.97. The monoisotopic (exact) mass is 379 g/mol. The number of methoxy groups -OCH3 is 1. The molecule has 1 N–H and O–H groups in total. The van der Waals surface area contributed by atoms with Gasteiger partial charge in [0.1, 0.15) is 17.6 Å². The van der Waals surface area contributed by atoms with Crippen LogP contribution in [-0.4, -0.2) is 19.6 Å². The van der Waals surface area contributed by atoms with Gasteiger partial charge in [-0.1, -0.05) is 36.4 Å². The third-order valence-electron chi connectivity index (χ3n) is 4.77. The number of nitrogens with one attached hydrogen (secondary N) is 1. The summed E-state index contributed by atoms with van der Waals surface area (Å²) in [6, 6.07) is 19.5. The molecule has 0 unspecified atom stereocenters. The first-order valence-electron chi connectivity index (χ1n) is 8.90. The number of carbonyl (C=O) groups excluding carboxylic acids is 1. The number of rotatable bonds is 5. The van der Waals surface area contributed by atoms with Crippen molar-refractivity contribution in [3.63, 3.8) is 0 Å². The van der Waals surface area contributed by atoms with Gasteiger partial charge in [0.2, 0.25) is 5.91 Å². The Balaban J connectivity index is 1.58. The molecule has 138 valence electrons. The van der Waals surface area contributed by atoms with Crippen LogP contribution < -0.4 is 10.1 Å². The molecule has 27 heavy (non-hydrogen) atoms. The summed E-state index contributed by atoms with van der Waals surface area (Å²) in [5.74, 6) is 1.02. The zero-order valence-electron chi connectivity index (χ0n) is 15.3. The molecule has 4 nitrogen and oxygen atoms in total. The molecule has 0 spiro atoms. The Labute approximate surface area is 162 Å². The van der Waals surface area contributed by atoms with Gasteiger partial charge in [0, 0.05) is 34.5 Å². The highest BCUT2D eigenvalue weighted by Gasteiger charge is 2.32. The molecule has 2 aromatic carbocycles. The lowest BCUT2D eigenvalue weighted by atomic mass is 9.87. The van der Waals surface area contributed by atoms with Gasteiger partial charge < -0.3 is 14.8 Å². The molecule has 5 heteroatoms. The van der Waals surface area contributed by atoms with Crippen molar-refractivity contribution in [1.29, 1.82) is 0 Å².